The van der Waals surface area contributed by atoms with Gasteiger partial charge in [0.2, 0.25) is 10.0 Å². The zero-order valence-corrected chi connectivity index (χ0v) is 14.1. The van der Waals surface area contributed by atoms with Crippen LogP contribution in [-0.4, -0.2) is 59.1 Å². The molecule has 124 valence electrons. The van der Waals surface area contributed by atoms with Gasteiger partial charge in [-0.2, -0.15) is 4.31 Å². The van der Waals surface area contributed by atoms with Crippen LogP contribution in [0, 0.1) is 0 Å². The first-order chi connectivity index (χ1) is 10.9. The molecule has 2 fully saturated rings. The molecule has 0 amide bonds. The number of aromatic nitrogens is 3. The van der Waals surface area contributed by atoms with Crippen molar-refractivity contribution < 1.29 is 8.42 Å². The lowest BCUT2D eigenvalue weighted by atomic mass is 9.85. The fourth-order valence-electron chi connectivity index (χ4n) is 3.56. The highest BCUT2D eigenvalue weighted by Crippen LogP contribution is 2.40. The third kappa shape index (κ3) is 2.59. The molecule has 2 heterocycles. The Morgan fingerprint density at radius 2 is 1.91 bits per heavy atom. The average Bonchev–Trinajstić information content (AvgIpc) is 3.14. The molecule has 0 saturated heterocycles. The first-order valence-electron chi connectivity index (χ1n) is 7.94. The van der Waals surface area contributed by atoms with Crippen LogP contribution >= 0.6 is 0 Å². The first-order valence-corrected chi connectivity index (χ1v) is 9.79. The number of rotatable bonds is 5. The summed E-state index contributed by atoms with van der Waals surface area (Å²) in [5.41, 5.74) is 0.827. The zero-order chi connectivity index (χ0) is 16.2. The number of nitrogens with zero attached hydrogens (tertiary/aromatic N) is 4. The topological polar surface area (TPSA) is 82.2 Å². The van der Waals surface area contributed by atoms with Crippen molar-refractivity contribution in [3.05, 3.63) is 18.6 Å². The molecular weight excluding hydrogens is 314 g/mol. The minimum absolute atomic E-state index is 0.133. The molecule has 0 aliphatic heterocycles. The molecule has 2 aromatic rings. The number of fused-ring (bicyclic) bond motifs is 1. The highest BCUT2D eigenvalue weighted by atomic mass is 32.2. The van der Waals surface area contributed by atoms with Crippen molar-refractivity contribution in [2.75, 3.05) is 18.2 Å². The zero-order valence-electron chi connectivity index (χ0n) is 13.3. The normalized spacial score (nSPS) is 24.8. The lowest BCUT2D eigenvalue weighted by Crippen LogP contribution is -2.55. The Hall–Kier alpha value is -1.67. The molecular formula is C15H21N5O2S. The Labute approximate surface area is 135 Å². The third-order valence-electron chi connectivity index (χ3n) is 4.95. The molecule has 2 aromatic heterocycles. The van der Waals surface area contributed by atoms with Crippen molar-refractivity contribution in [2.45, 2.75) is 43.8 Å². The molecule has 0 spiro atoms. The SMILES string of the molecule is CN(c1ncnc2[nH]ccc12)[C@H]1C[C@H](N(C2CC2)S(C)(=O)=O)C1. The van der Waals surface area contributed by atoms with Crippen LogP contribution in [0.25, 0.3) is 11.0 Å². The van der Waals surface area contributed by atoms with Gasteiger partial charge in [0.15, 0.2) is 0 Å². The molecule has 2 aliphatic rings. The van der Waals surface area contributed by atoms with E-state index in [0.717, 1.165) is 42.5 Å². The summed E-state index contributed by atoms with van der Waals surface area (Å²) in [6.45, 7) is 0. The number of anilines is 1. The molecule has 0 radical (unpaired) electrons. The summed E-state index contributed by atoms with van der Waals surface area (Å²) >= 11 is 0. The largest absolute Gasteiger partial charge is 0.356 e. The fraction of sp³-hybridized carbons (Fsp3) is 0.600. The molecule has 0 atom stereocenters. The van der Waals surface area contributed by atoms with E-state index in [1.54, 1.807) is 10.6 Å². The average molecular weight is 335 g/mol. The van der Waals surface area contributed by atoms with Crippen LogP contribution in [0.5, 0.6) is 0 Å². The Morgan fingerprint density at radius 3 is 2.57 bits per heavy atom. The van der Waals surface area contributed by atoms with Crippen LogP contribution < -0.4 is 4.90 Å². The van der Waals surface area contributed by atoms with E-state index >= 15 is 0 Å². The summed E-state index contributed by atoms with van der Waals surface area (Å²) < 4.78 is 25.8. The minimum atomic E-state index is -3.12. The van der Waals surface area contributed by atoms with E-state index in [2.05, 4.69) is 19.9 Å². The molecule has 8 heteroatoms. The second-order valence-corrected chi connectivity index (χ2v) is 8.54. The van der Waals surface area contributed by atoms with E-state index in [1.165, 1.54) is 6.26 Å². The van der Waals surface area contributed by atoms with Gasteiger partial charge in [-0.3, -0.25) is 0 Å². The molecule has 23 heavy (non-hydrogen) atoms. The molecule has 2 aliphatic carbocycles. The standard InChI is InChI=1S/C15H21N5O2S/c1-19(15-13-5-6-16-14(13)17-9-18-15)11-7-12(8-11)20(10-3-4-10)23(2,21)22/h5-6,9-12H,3-4,7-8H2,1-2H3,(H,16,17,18)/t11-,12-. The Kier molecular flexibility index (Phi) is 3.35. The van der Waals surface area contributed by atoms with Crippen molar-refractivity contribution in [1.29, 1.82) is 0 Å². The summed E-state index contributed by atoms with van der Waals surface area (Å²) in [4.78, 5) is 13.9. The summed E-state index contributed by atoms with van der Waals surface area (Å²) in [5.74, 6) is 0.900. The number of sulfonamides is 1. The van der Waals surface area contributed by atoms with Crippen molar-refractivity contribution in [3.8, 4) is 0 Å². The Balaban J connectivity index is 1.50. The van der Waals surface area contributed by atoms with Crippen molar-refractivity contribution >= 4 is 26.9 Å². The van der Waals surface area contributed by atoms with Crippen LogP contribution in [-0.2, 0) is 10.0 Å². The highest BCUT2D eigenvalue weighted by Gasteiger charge is 2.46. The monoisotopic (exact) mass is 335 g/mol. The van der Waals surface area contributed by atoms with Crippen molar-refractivity contribution in [2.24, 2.45) is 0 Å². The predicted octanol–water partition coefficient (Wildman–Crippen LogP) is 1.35. The smallest absolute Gasteiger partial charge is 0.211 e. The van der Waals surface area contributed by atoms with Gasteiger partial charge in [0.1, 0.15) is 17.8 Å². The minimum Gasteiger partial charge on any atom is -0.356 e. The number of H-pyrrole nitrogens is 1. The van der Waals surface area contributed by atoms with Gasteiger partial charge >= 0.3 is 0 Å². The predicted molar refractivity (Wildman–Crippen MR) is 88.8 cm³/mol. The van der Waals surface area contributed by atoms with Gasteiger partial charge in [-0.05, 0) is 31.7 Å². The van der Waals surface area contributed by atoms with E-state index in [4.69, 9.17) is 0 Å². The van der Waals surface area contributed by atoms with Gasteiger partial charge in [0.25, 0.3) is 0 Å². The lowest BCUT2D eigenvalue weighted by Gasteiger charge is -2.46. The van der Waals surface area contributed by atoms with E-state index < -0.39 is 10.0 Å². The van der Waals surface area contributed by atoms with Gasteiger partial charge in [-0.1, -0.05) is 0 Å². The van der Waals surface area contributed by atoms with Gasteiger partial charge in [0, 0.05) is 31.4 Å². The molecule has 1 N–H and O–H groups in total. The molecule has 0 aromatic carbocycles. The van der Waals surface area contributed by atoms with Crippen LogP contribution in [0.1, 0.15) is 25.7 Å². The van der Waals surface area contributed by atoms with Gasteiger partial charge < -0.3 is 9.88 Å². The fourth-order valence-corrected chi connectivity index (χ4v) is 5.03. The van der Waals surface area contributed by atoms with Gasteiger partial charge in [0.05, 0.1) is 11.6 Å². The number of hydrogen-bond acceptors (Lipinski definition) is 5. The third-order valence-corrected chi connectivity index (χ3v) is 6.31. The van der Waals surface area contributed by atoms with Crippen LogP contribution in [0.4, 0.5) is 5.82 Å². The van der Waals surface area contributed by atoms with Crippen LogP contribution in [0.3, 0.4) is 0 Å². The van der Waals surface area contributed by atoms with E-state index in [9.17, 15) is 8.42 Å². The van der Waals surface area contributed by atoms with E-state index in [1.807, 2.05) is 19.3 Å². The number of nitrogens with one attached hydrogen (secondary N) is 1. The highest BCUT2D eigenvalue weighted by molar-refractivity contribution is 7.88. The maximum atomic E-state index is 12.0. The van der Waals surface area contributed by atoms with Crippen molar-refractivity contribution in [1.82, 2.24) is 19.3 Å². The van der Waals surface area contributed by atoms with E-state index in [0.29, 0.717) is 6.04 Å². The Bertz CT molecular complexity index is 823. The lowest BCUT2D eigenvalue weighted by molar-refractivity contribution is 0.183. The Morgan fingerprint density at radius 1 is 1.17 bits per heavy atom. The molecule has 7 nitrogen and oxygen atoms in total. The number of hydrogen-bond donors (Lipinski definition) is 1. The molecule has 0 unspecified atom stereocenters. The first kappa shape index (κ1) is 14.9. The van der Waals surface area contributed by atoms with Crippen LogP contribution in [0.2, 0.25) is 0 Å². The summed E-state index contributed by atoms with van der Waals surface area (Å²) in [6.07, 6.45) is 8.47. The molecule has 4 rings (SSSR count). The summed E-state index contributed by atoms with van der Waals surface area (Å²) in [7, 11) is -1.09. The van der Waals surface area contributed by atoms with Gasteiger partial charge in [-0.15, -0.1) is 0 Å². The maximum absolute atomic E-state index is 12.0. The molecule has 2 saturated carbocycles. The van der Waals surface area contributed by atoms with Crippen molar-refractivity contribution in [3.63, 3.8) is 0 Å². The summed E-state index contributed by atoms with van der Waals surface area (Å²) in [6, 6.07) is 2.66. The molecule has 0 bridgehead atoms. The maximum Gasteiger partial charge on any atom is 0.211 e. The van der Waals surface area contributed by atoms with Crippen LogP contribution in [0.15, 0.2) is 18.6 Å². The summed E-state index contributed by atoms with van der Waals surface area (Å²) in [5, 5.41) is 1.00. The second kappa shape index (κ2) is 5.17. The second-order valence-electron chi connectivity index (χ2n) is 6.65. The van der Waals surface area contributed by atoms with Gasteiger partial charge in [-0.25, -0.2) is 18.4 Å². The number of aromatic amines is 1. The van der Waals surface area contributed by atoms with E-state index in [-0.39, 0.29) is 12.1 Å². The quantitative estimate of drug-likeness (QED) is 0.892.